The average molecular weight is 276 g/mol. The third-order valence-corrected chi connectivity index (χ3v) is 3.22. The molecule has 2 rings (SSSR count). The minimum atomic E-state index is -0.470. The molecule has 5 nitrogen and oxygen atoms in total. The summed E-state index contributed by atoms with van der Waals surface area (Å²) < 4.78 is 5.48. The van der Waals surface area contributed by atoms with Gasteiger partial charge >= 0.3 is 0 Å². The van der Waals surface area contributed by atoms with Crippen LogP contribution in [0.2, 0.25) is 0 Å². The van der Waals surface area contributed by atoms with Gasteiger partial charge in [-0.15, -0.1) is 0 Å². The molecule has 5 heteroatoms. The zero-order valence-electron chi connectivity index (χ0n) is 11.9. The first-order valence-corrected chi connectivity index (χ1v) is 6.97. The first kappa shape index (κ1) is 14.4. The summed E-state index contributed by atoms with van der Waals surface area (Å²) in [6, 6.07) is 5.54. The number of benzene rings is 1. The van der Waals surface area contributed by atoms with E-state index in [0.29, 0.717) is 24.4 Å². The van der Waals surface area contributed by atoms with Crippen LogP contribution >= 0.6 is 0 Å². The van der Waals surface area contributed by atoms with Crippen LogP contribution in [0, 0.1) is 0 Å². The summed E-state index contributed by atoms with van der Waals surface area (Å²) in [5, 5.41) is 5.66. The Morgan fingerprint density at radius 1 is 1.45 bits per heavy atom. The van der Waals surface area contributed by atoms with Crippen molar-refractivity contribution in [3.8, 4) is 5.75 Å². The number of hydrogen-bond acceptors (Lipinski definition) is 3. The van der Waals surface area contributed by atoms with E-state index in [1.807, 2.05) is 18.2 Å². The number of nitrogens with one attached hydrogen (secondary N) is 2. The summed E-state index contributed by atoms with van der Waals surface area (Å²) in [5.41, 5.74) is 1.60. The summed E-state index contributed by atoms with van der Waals surface area (Å²) in [4.78, 5) is 23.1. The van der Waals surface area contributed by atoms with Crippen molar-refractivity contribution in [1.29, 1.82) is 0 Å². The average Bonchev–Trinajstić information content (AvgIpc) is 2.44. The maximum absolute atomic E-state index is 11.6. The SMILES string of the molecule is CCCCC(=O)NCc1ccc2c(c1)NC(=O)C(C)O2. The summed E-state index contributed by atoms with van der Waals surface area (Å²) >= 11 is 0. The molecule has 1 aliphatic heterocycles. The molecule has 0 spiro atoms. The van der Waals surface area contributed by atoms with Crippen molar-refractivity contribution >= 4 is 17.5 Å². The van der Waals surface area contributed by atoms with Crippen LogP contribution in [0.15, 0.2) is 18.2 Å². The molecule has 0 aliphatic carbocycles. The second kappa shape index (κ2) is 6.41. The summed E-state index contributed by atoms with van der Waals surface area (Å²) in [6.45, 7) is 4.22. The number of fused-ring (bicyclic) bond motifs is 1. The molecule has 2 amide bonds. The molecule has 108 valence electrons. The minimum Gasteiger partial charge on any atom is -0.479 e. The lowest BCUT2D eigenvalue weighted by Gasteiger charge is -2.23. The normalized spacial score (nSPS) is 16.9. The first-order chi connectivity index (χ1) is 9.60. The van der Waals surface area contributed by atoms with Crippen LogP contribution in [0.1, 0.15) is 38.7 Å². The first-order valence-electron chi connectivity index (χ1n) is 6.97. The molecule has 0 fully saturated rings. The van der Waals surface area contributed by atoms with Gasteiger partial charge in [-0.1, -0.05) is 19.4 Å². The number of hydrogen-bond donors (Lipinski definition) is 2. The van der Waals surface area contributed by atoms with Gasteiger partial charge in [-0.05, 0) is 31.0 Å². The molecular formula is C15H20N2O3. The zero-order chi connectivity index (χ0) is 14.5. The lowest BCUT2D eigenvalue weighted by atomic mass is 10.1. The molecule has 2 N–H and O–H groups in total. The molecule has 1 aromatic rings. The van der Waals surface area contributed by atoms with Crippen LogP contribution in [0.3, 0.4) is 0 Å². The van der Waals surface area contributed by atoms with E-state index in [1.54, 1.807) is 6.92 Å². The lowest BCUT2D eigenvalue weighted by Crippen LogP contribution is -2.34. The van der Waals surface area contributed by atoms with Gasteiger partial charge in [-0.25, -0.2) is 0 Å². The van der Waals surface area contributed by atoms with E-state index in [9.17, 15) is 9.59 Å². The van der Waals surface area contributed by atoms with E-state index in [4.69, 9.17) is 4.74 Å². The number of carbonyl (C=O) groups excluding carboxylic acids is 2. The Hall–Kier alpha value is -2.04. The molecule has 0 radical (unpaired) electrons. The topological polar surface area (TPSA) is 67.4 Å². The van der Waals surface area contributed by atoms with Gasteiger partial charge in [0.2, 0.25) is 5.91 Å². The van der Waals surface area contributed by atoms with Crippen LogP contribution < -0.4 is 15.4 Å². The largest absolute Gasteiger partial charge is 0.479 e. The smallest absolute Gasteiger partial charge is 0.265 e. The van der Waals surface area contributed by atoms with E-state index in [-0.39, 0.29) is 11.8 Å². The van der Waals surface area contributed by atoms with Crippen LogP contribution in [-0.2, 0) is 16.1 Å². The van der Waals surface area contributed by atoms with E-state index in [0.717, 1.165) is 18.4 Å². The Morgan fingerprint density at radius 2 is 2.25 bits per heavy atom. The number of unbranched alkanes of at least 4 members (excludes halogenated alkanes) is 1. The Morgan fingerprint density at radius 3 is 3.00 bits per heavy atom. The molecule has 1 aliphatic rings. The van der Waals surface area contributed by atoms with Crippen molar-refractivity contribution in [2.24, 2.45) is 0 Å². The fourth-order valence-corrected chi connectivity index (χ4v) is 1.99. The van der Waals surface area contributed by atoms with Gasteiger partial charge in [0.25, 0.3) is 5.91 Å². The summed E-state index contributed by atoms with van der Waals surface area (Å²) in [5.74, 6) is 0.568. The molecule has 20 heavy (non-hydrogen) atoms. The van der Waals surface area contributed by atoms with Gasteiger partial charge in [-0.3, -0.25) is 9.59 Å². The van der Waals surface area contributed by atoms with Gasteiger partial charge in [0.05, 0.1) is 5.69 Å². The molecule has 0 saturated carbocycles. The Balaban J connectivity index is 1.96. The molecule has 0 saturated heterocycles. The maximum atomic E-state index is 11.6. The third-order valence-electron chi connectivity index (χ3n) is 3.22. The number of carbonyl (C=O) groups is 2. The second-order valence-corrected chi connectivity index (χ2v) is 4.96. The van der Waals surface area contributed by atoms with Crippen molar-refractivity contribution in [2.75, 3.05) is 5.32 Å². The van der Waals surface area contributed by atoms with Crippen molar-refractivity contribution in [3.05, 3.63) is 23.8 Å². The van der Waals surface area contributed by atoms with E-state index >= 15 is 0 Å². The van der Waals surface area contributed by atoms with Crippen molar-refractivity contribution in [3.63, 3.8) is 0 Å². The number of anilines is 1. The third kappa shape index (κ3) is 3.50. The molecular weight excluding hydrogens is 256 g/mol. The molecule has 0 aromatic heterocycles. The van der Waals surface area contributed by atoms with Crippen molar-refractivity contribution in [2.45, 2.75) is 45.8 Å². The molecule has 1 heterocycles. The fraction of sp³-hybridized carbons (Fsp3) is 0.467. The van der Waals surface area contributed by atoms with Gasteiger partial charge in [0, 0.05) is 13.0 Å². The monoisotopic (exact) mass is 276 g/mol. The standard InChI is InChI=1S/C15H20N2O3/c1-3-4-5-14(18)16-9-11-6-7-13-12(8-11)17-15(19)10(2)20-13/h6-8,10H,3-5,9H2,1-2H3,(H,16,18)(H,17,19). The lowest BCUT2D eigenvalue weighted by molar-refractivity contribution is -0.123. The van der Waals surface area contributed by atoms with E-state index in [2.05, 4.69) is 17.6 Å². The van der Waals surface area contributed by atoms with Crippen LogP contribution in [0.25, 0.3) is 0 Å². The zero-order valence-corrected chi connectivity index (χ0v) is 11.9. The summed E-state index contributed by atoms with van der Waals surface area (Å²) in [6.07, 6.45) is 1.99. The predicted molar refractivity (Wildman–Crippen MR) is 76.5 cm³/mol. The Labute approximate surface area is 118 Å². The molecule has 1 aromatic carbocycles. The quantitative estimate of drug-likeness (QED) is 0.866. The van der Waals surface area contributed by atoms with Gasteiger partial charge < -0.3 is 15.4 Å². The van der Waals surface area contributed by atoms with Crippen LogP contribution in [0.4, 0.5) is 5.69 Å². The predicted octanol–water partition coefficient (Wildman–Crippen LogP) is 2.21. The molecule has 1 atom stereocenters. The highest BCUT2D eigenvalue weighted by atomic mass is 16.5. The van der Waals surface area contributed by atoms with E-state index < -0.39 is 6.10 Å². The van der Waals surface area contributed by atoms with Crippen molar-refractivity contribution in [1.82, 2.24) is 5.32 Å². The number of rotatable bonds is 5. The summed E-state index contributed by atoms with van der Waals surface area (Å²) in [7, 11) is 0. The highest BCUT2D eigenvalue weighted by molar-refractivity contribution is 5.97. The van der Waals surface area contributed by atoms with Crippen LogP contribution in [-0.4, -0.2) is 17.9 Å². The minimum absolute atomic E-state index is 0.0541. The van der Waals surface area contributed by atoms with Crippen molar-refractivity contribution < 1.29 is 14.3 Å². The highest BCUT2D eigenvalue weighted by Crippen LogP contribution is 2.30. The second-order valence-electron chi connectivity index (χ2n) is 4.96. The van der Waals surface area contributed by atoms with E-state index in [1.165, 1.54) is 0 Å². The Bertz CT molecular complexity index is 514. The van der Waals surface area contributed by atoms with Crippen LogP contribution in [0.5, 0.6) is 5.75 Å². The van der Waals surface area contributed by atoms with Gasteiger partial charge in [0.15, 0.2) is 6.10 Å². The van der Waals surface area contributed by atoms with Gasteiger partial charge in [-0.2, -0.15) is 0 Å². The fourth-order valence-electron chi connectivity index (χ4n) is 1.99. The van der Waals surface area contributed by atoms with Gasteiger partial charge in [0.1, 0.15) is 5.75 Å². The highest BCUT2D eigenvalue weighted by Gasteiger charge is 2.23. The maximum Gasteiger partial charge on any atom is 0.265 e. The molecule has 1 unspecified atom stereocenters. The molecule has 0 bridgehead atoms. The number of ether oxygens (including phenoxy) is 1. The Kier molecular flexibility index (Phi) is 4.61. The number of amides is 2.